The second kappa shape index (κ2) is 6.23. The smallest absolute Gasteiger partial charge is 0.124 e. The number of nitrogens with one attached hydrogen (secondary N) is 1. The molecule has 0 bridgehead atoms. The molecule has 1 aliphatic rings. The molecule has 1 unspecified atom stereocenters. The van der Waals surface area contributed by atoms with E-state index in [1.807, 2.05) is 13.1 Å². The minimum Gasteiger partial charge on any atom is -0.316 e. The van der Waals surface area contributed by atoms with Crippen LogP contribution < -0.4 is 5.32 Å². The van der Waals surface area contributed by atoms with Crippen LogP contribution >= 0.6 is 11.6 Å². The van der Waals surface area contributed by atoms with Crippen molar-refractivity contribution in [2.24, 2.45) is 5.41 Å². The molecular weight excluding hydrogens is 261 g/mol. The number of hydrogen-bond donors (Lipinski definition) is 1. The number of benzene rings is 1. The van der Waals surface area contributed by atoms with Crippen LogP contribution in [0.1, 0.15) is 44.6 Å². The van der Waals surface area contributed by atoms with Gasteiger partial charge in [0.05, 0.1) is 0 Å². The third-order valence-corrected chi connectivity index (χ3v) is 5.18. The van der Waals surface area contributed by atoms with E-state index in [1.165, 1.54) is 44.2 Å². The Bertz CT molecular complexity index is 427. The topological polar surface area (TPSA) is 12.0 Å². The van der Waals surface area contributed by atoms with Gasteiger partial charge in [0.25, 0.3) is 0 Å². The normalized spacial score (nSPS) is 19.6. The Hall–Kier alpha value is -0.600. The molecule has 1 aromatic carbocycles. The molecule has 0 spiro atoms. The molecule has 1 nitrogen and oxygen atoms in total. The van der Waals surface area contributed by atoms with Crippen molar-refractivity contribution in [1.82, 2.24) is 5.32 Å². The van der Waals surface area contributed by atoms with E-state index in [0.717, 1.165) is 12.0 Å². The van der Waals surface area contributed by atoms with E-state index in [1.54, 1.807) is 0 Å². The molecule has 3 heteroatoms. The van der Waals surface area contributed by atoms with Crippen molar-refractivity contribution >= 4 is 11.6 Å². The zero-order chi connectivity index (χ0) is 13.9. The van der Waals surface area contributed by atoms with Crippen molar-refractivity contribution in [3.63, 3.8) is 0 Å². The third-order valence-electron chi connectivity index (χ3n) is 4.83. The summed E-state index contributed by atoms with van der Waals surface area (Å²) in [5.74, 6) is -0.263. The summed E-state index contributed by atoms with van der Waals surface area (Å²) in [6.07, 6.45) is 7.29. The van der Waals surface area contributed by atoms with Crippen molar-refractivity contribution in [2.75, 3.05) is 7.05 Å². The summed E-state index contributed by atoms with van der Waals surface area (Å²) >= 11 is 6.16. The molecule has 2 rings (SSSR count). The molecule has 1 aliphatic carbocycles. The van der Waals surface area contributed by atoms with Gasteiger partial charge in [-0.1, -0.05) is 37.4 Å². The molecule has 0 saturated heterocycles. The maximum absolute atomic E-state index is 13.1. The van der Waals surface area contributed by atoms with Gasteiger partial charge in [0, 0.05) is 11.1 Å². The lowest BCUT2D eigenvalue weighted by Crippen LogP contribution is -2.43. The summed E-state index contributed by atoms with van der Waals surface area (Å²) in [4.78, 5) is 0. The molecule has 0 amide bonds. The second-order valence-electron chi connectivity index (χ2n) is 5.70. The van der Waals surface area contributed by atoms with E-state index in [0.29, 0.717) is 16.5 Å². The van der Waals surface area contributed by atoms with E-state index in [-0.39, 0.29) is 5.82 Å². The lowest BCUT2D eigenvalue weighted by molar-refractivity contribution is 0.192. The van der Waals surface area contributed by atoms with Crippen LogP contribution in [0, 0.1) is 11.2 Å². The summed E-state index contributed by atoms with van der Waals surface area (Å²) in [5.41, 5.74) is 1.43. The molecule has 1 atom stereocenters. The Labute approximate surface area is 120 Å². The maximum Gasteiger partial charge on any atom is 0.124 e. The van der Waals surface area contributed by atoms with Gasteiger partial charge in [-0.15, -0.1) is 0 Å². The monoisotopic (exact) mass is 283 g/mol. The first kappa shape index (κ1) is 14.8. The lowest BCUT2D eigenvalue weighted by atomic mass is 9.74. The van der Waals surface area contributed by atoms with E-state index in [9.17, 15) is 4.39 Å². The highest BCUT2D eigenvalue weighted by Gasteiger charge is 2.39. The lowest BCUT2D eigenvalue weighted by Gasteiger charge is -2.37. The zero-order valence-corrected chi connectivity index (χ0v) is 12.6. The van der Waals surface area contributed by atoms with E-state index < -0.39 is 0 Å². The van der Waals surface area contributed by atoms with Crippen LogP contribution in [-0.2, 0) is 6.42 Å². The van der Waals surface area contributed by atoms with Crippen molar-refractivity contribution in [2.45, 2.75) is 51.5 Å². The molecule has 0 heterocycles. The van der Waals surface area contributed by atoms with Crippen LogP contribution in [0.15, 0.2) is 18.2 Å². The highest BCUT2D eigenvalue weighted by Crippen LogP contribution is 2.45. The zero-order valence-electron chi connectivity index (χ0n) is 11.8. The average molecular weight is 284 g/mol. The molecule has 106 valence electrons. The number of likely N-dealkylation sites (N-methyl/N-ethyl adjacent to an activating group) is 1. The van der Waals surface area contributed by atoms with Gasteiger partial charge < -0.3 is 5.32 Å². The predicted octanol–water partition coefficient (Wildman–Crippen LogP) is 4.58. The van der Waals surface area contributed by atoms with Gasteiger partial charge >= 0.3 is 0 Å². The summed E-state index contributed by atoms with van der Waals surface area (Å²) in [6, 6.07) is 5.15. The van der Waals surface area contributed by atoms with Crippen molar-refractivity contribution < 1.29 is 4.39 Å². The molecular formula is C16H23ClFN. The molecule has 19 heavy (non-hydrogen) atoms. The molecule has 1 N–H and O–H groups in total. The van der Waals surface area contributed by atoms with Crippen LogP contribution in [0.4, 0.5) is 4.39 Å². The van der Waals surface area contributed by atoms with Gasteiger partial charge in [0.2, 0.25) is 0 Å². The van der Waals surface area contributed by atoms with Gasteiger partial charge in [0.15, 0.2) is 0 Å². The molecule has 1 fully saturated rings. The predicted molar refractivity (Wildman–Crippen MR) is 79.2 cm³/mol. The van der Waals surface area contributed by atoms with Crippen molar-refractivity contribution in [3.05, 3.63) is 34.6 Å². The highest BCUT2D eigenvalue weighted by molar-refractivity contribution is 6.31. The van der Waals surface area contributed by atoms with Crippen LogP contribution in [0.5, 0.6) is 0 Å². The fraction of sp³-hybridized carbons (Fsp3) is 0.625. The van der Waals surface area contributed by atoms with E-state index >= 15 is 0 Å². The van der Waals surface area contributed by atoms with Gasteiger partial charge in [-0.05, 0) is 55.8 Å². The Morgan fingerprint density at radius 2 is 2.05 bits per heavy atom. The number of rotatable bonds is 5. The summed E-state index contributed by atoms with van der Waals surface area (Å²) < 4.78 is 13.1. The fourth-order valence-corrected chi connectivity index (χ4v) is 3.80. The minimum absolute atomic E-state index is 0.263. The van der Waals surface area contributed by atoms with Crippen LogP contribution in [0.25, 0.3) is 0 Å². The third kappa shape index (κ3) is 3.11. The average Bonchev–Trinajstić information content (AvgIpc) is 2.88. The Balaban J connectivity index is 2.18. The summed E-state index contributed by atoms with van der Waals surface area (Å²) in [6.45, 7) is 2.28. The molecule has 0 aliphatic heterocycles. The standard InChI is InChI=1S/C16H23ClFN/c1-3-16(8-4-5-9-16)15(19-2)10-12-6-7-13(18)11-14(12)17/h6-7,11,15,19H,3-5,8-10H2,1-2H3. The van der Waals surface area contributed by atoms with Gasteiger partial charge in [0.1, 0.15) is 5.82 Å². The Morgan fingerprint density at radius 1 is 1.37 bits per heavy atom. The summed E-state index contributed by atoms with van der Waals surface area (Å²) in [5, 5.41) is 4.02. The quantitative estimate of drug-likeness (QED) is 0.834. The van der Waals surface area contributed by atoms with E-state index in [4.69, 9.17) is 11.6 Å². The Kier molecular flexibility index (Phi) is 4.86. The SMILES string of the molecule is CCC1(C(Cc2ccc(F)cc2Cl)NC)CCCC1. The molecule has 1 aromatic rings. The molecule has 0 aromatic heterocycles. The van der Waals surface area contributed by atoms with Crippen LogP contribution in [0.2, 0.25) is 5.02 Å². The maximum atomic E-state index is 13.1. The van der Waals surface area contributed by atoms with Gasteiger partial charge in [-0.2, -0.15) is 0 Å². The minimum atomic E-state index is -0.263. The van der Waals surface area contributed by atoms with Crippen molar-refractivity contribution in [1.29, 1.82) is 0 Å². The number of hydrogen-bond acceptors (Lipinski definition) is 1. The van der Waals surface area contributed by atoms with E-state index in [2.05, 4.69) is 12.2 Å². The first-order valence-electron chi connectivity index (χ1n) is 7.22. The Morgan fingerprint density at radius 3 is 2.58 bits per heavy atom. The largest absolute Gasteiger partial charge is 0.316 e. The number of halogens is 2. The first-order valence-corrected chi connectivity index (χ1v) is 7.60. The highest BCUT2D eigenvalue weighted by atomic mass is 35.5. The first-order chi connectivity index (χ1) is 9.11. The molecule has 0 radical (unpaired) electrons. The van der Waals surface area contributed by atoms with Crippen molar-refractivity contribution in [3.8, 4) is 0 Å². The second-order valence-corrected chi connectivity index (χ2v) is 6.11. The van der Waals surface area contributed by atoms with Crippen LogP contribution in [0.3, 0.4) is 0 Å². The fourth-order valence-electron chi connectivity index (χ4n) is 3.56. The van der Waals surface area contributed by atoms with Crippen LogP contribution in [-0.4, -0.2) is 13.1 Å². The summed E-state index contributed by atoms with van der Waals surface area (Å²) in [7, 11) is 2.03. The van der Waals surface area contributed by atoms with Gasteiger partial charge in [-0.3, -0.25) is 0 Å². The molecule has 1 saturated carbocycles. The van der Waals surface area contributed by atoms with Gasteiger partial charge in [-0.25, -0.2) is 4.39 Å².